The molecule has 1 aliphatic heterocycles. The second kappa shape index (κ2) is 8.56. The second-order valence-electron chi connectivity index (χ2n) is 7.30. The van der Waals surface area contributed by atoms with Gasteiger partial charge < -0.3 is 10.2 Å². The van der Waals surface area contributed by atoms with Gasteiger partial charge in [0.2, 0.25) is 16.2 Å². The van der Waals surface area contributed by atoms with Crippen molar-refractivity contribution in [2.45, 2.75) is 25.7 Å². The van der Waals surface area contributed by atoms with Crippen molar-refractivity contribution in [3.63, 3.8) is 0 Å². The van der Waals surface area contributed by atoms with Crippen LogP contribution in [0.2, 0.25) is 0 Å². The van der Waals surface area contributed by atoms with Gasteiger partial charge in [0.25, 0.3) is 0 Å². The van der Waals surface area contributed by atoms with E-state index in [2.05, 4.69) is 39.5 Å². The molecule has 2 atom stereocenters. The van der Waals surface area contributed by atoms with E-state index in [0.29, 0.717) is 19.0 Å². The Morgan fingerprint density at radius 2 is 1.93 bits per heavy atom. The summed E-state index contributed by atoms with van der Waals surface area (Å²) in [6.45, 7) is 4.43. The molecule has 7 heteroatoms. The molecule has 1 N–H and O–H groups in total. The molecule has 1 fully saturated rings. The molecule has 3 heterocycles. The van der Waals surface area contributed by atoms with Crippen molar-refractivity contribution >= 4 is 22.4 Å². The molecule has 146 valence electrons. The van der Waals surface area contributed by atoms with Gasteiger partial charge in [-0.3, -0.25) is 9.36 Å². The highest BCUT2D eigenvalue weighted by molar-refractivity contribution is 7.17. The predicted molar refractivity (Wildman–Crippen MR) is 112 cm³/mol. The normalized spacial score (nSPS) is 18.0. The number of benzene rings is 1. The molecule has 0 bridgehead atoms. The van der Waals surface area contributed by atoms with E-state index in [0.717, 1.165) is 29.6 Å². The predicted octanol–water partition coefficient (Wildman–Crippen LogP) is 3.47. The third-order valence-electron chi connectivity index (χ3n) is 5.24. The van der Waals surface area contributed by atoms with Gasteiger partial charge in [-0.1, -0.05) is 48.6 Å². The van der Waals surface area contributed by atoms with Crippen LogP contribution in [-0.4, -0.2) is 40.3 Å². The van der Waals surface area contributed by atoms with Gasteiger partial charge in [-0.25, -0.2) is 0 Å². The molecule has 0 spiro atoms. The first kappa shape index (κ1) is 18.7. The molecule has 1 amide bonds. The zero-order valence-corrected chi connectivity index (χ0v) is 16.8. The number of carbonyl (C=O) groups excluding carboxylic acids is 1. The quantitative estimate of drug-likeness (QED) is 0.694. The summed E-state index contributed by atoms with van der Waals surface area (Å²) < 4.78 is 1.96. The number of nitrogens with zero attached hydrogens (tertiary/aromatic N) is 4. The molecule has 28 heavy (non-hydrogen) atoms. The number of hydrogen-bond acceptors (Lipinski definition) is 5. The van der Waals surface area contributed by atoms with Gasteiger partial charge >= 0.3 is 0 Å². The minimum Gasteiger partial charge on any atom is -0.355 e. The molecule has 1 saturated heterocycles. The van der Waals surface area contributed by atoms with E-state index < -0.39 is 0 Å². The highest BCUT2D eigenvalue weighted by Crippen LogP contribution is 2.28. The second-order valence-corrected chi connectivity index (χ2v) is 8.23. The summed E-state index contributed by atoms with van der Waals surface area (Å²) in [4.78, 5) is 14.9. The van der Waals surface area contributed by atoms with Crippen LogP contribution in [0.1, 0.15) is 31.2 Å². The number of nitrogens with one attached hydrogen (secondary N) is 1. The van der Waals surface area contributed by atoms with E-state index >= 15 is 0 Å². The summed E-state index contributed by atoms with van der Waals surface area (Å²) in [6, 6.07) is 14.2. The average Bonchev–Trinajstić information content (AvgIpc) is 3.44. The van der Waals surface area contributed by atoms with Crippen LogP contribution in [0.25, 0.3) is 5.13 Å². The SMILES string of the molecule is C[C@H](CNC(=O)[C@H]1CCCN(c2nnc(-n3cccc3)s2)C1)c1ccccc1. The first-order valence-electron chi connectivity index (χ1n) is 9.75. The Morgan fingerprint density at radius 1 is 1.18 bits per heavy atom. The standard InChI is InChI=1S/C21H25N5OS/c1-16(17-8-3-2-4-9-17)14-22-19(27)18-10-7-13-26(15-18)21-24-23-20(28-21)25-11-5-6-12-25/h2-6,8-9,11-12,16,18H,7,10,13-15H2,1H3,(H,22,27)/t16-,18+/m1/s1. The molecule has 2 aromatic heterocycles. The molecule has 1 aliphatic rings. The number of carbonyl (C=O) groups is 1. The zero-order chi connectivity index (χ0) is 19.3. The largest absolute Gasteiger partial charge is 0.355 e. The van der Waals surface area contributed by atoms with Crippen molar-refractivity contribution in [1.29, 1.82) is 0 Å². The molecule has 1 aromatic carbocycles. The highest BCUT2D eigenvalue weighted by Gasteiger charge is 2.28. The van der Waals surface area contributed by atoms with Crippen molar-refractivity contribution in [2.75, 3.05) is 24.5 Å². The topological polar surface area (TPSA) is 63.1 Å². The number of hydrogen-bond donors (Lipinski definition) is 1. The van der Waals surface area contributed by atoms with Gasteiger partial charge in [-0.2, -0.15) is 0 Å². The maximum absolute atomic E-state index is 12.7. The third kappa shape index (κ3) is 4.25. The Morgan fingerprint density at radius 3 is 2.71 bits per heavy atom. The summed E-state index contributed by atoms with van der Waals surface area (Å²) >= 11 is 1.56. The molecule has 0 unspecified atom stereocenters. The van der Waals surface area contributed by atoms with E-state index in [-0.39, 0.29) is 11.8 Å². The fourth-order valence-electron chi connectivity index (χ4n) is 3.56. The van der Waals surface area contributed by atoms with Crippen molar-refractivity contribution < 1.29 is 4.79 Å². The van der Waals surface area contributed by atoms with Crippen molar-refractivity contribution in [1.82, 2.24) is 20.1 Å². The van der Waals surface area contributed by atoms with Gasteiger partial charge in [0.05, 0.1) is 5.92 Å². The van der Waals surface area contributed by atoms with E-state index in [9.17, 15) is 4.79 Å². The average molecular weight is 396 g/mol. The molecule has 3 aromatic rings. The molecule has 4 rings (SSSR count). The van der Waals surface area contributed by atoms with Crippen molar-refractivity contribution in [3.05, 3.63) is 60.4 Å². The van der Waals surface area contributed by atoms with E-state index in [1.807, 2.05) is 47.3 Å². The Kier molecular flexibility index (Phi) is 5.71. The van der Waals surface area contributed by atoms with Crippen LogP contribution in [0.4, 0.5) is 5.13 Å². The van der Waals surface area contributed by atoms with Crippen molar-refractivity contribution in [3.8, 4) is 5.13 Å². The minimum absolute atomic E-state index is 0.00403. The van der Waals surface area contributed by atoms with Gasteiger partial charge in [-0.05, 0) is 36.5 Å². The summed E-state index contributed by atoms with van der Waals surface area (Å²) in [5.41, 5.74) is 1.25. The Hall–Kier alpha value is -2.67. The Bertz CT molecular complexity index is 893. The third-order valence-corrected chi connectivity index (χ3v) is 6.24. The fourth-order valence-corrected chi connectivity index (χ4v) is 4.41. The molecule has 6 nitrogen and oxygen atoms in total. The number of piperidine rings is 1. The van der Waals surface area contributed by atoms with Crippen LogP contribution in [0.15, 0.2) is 54.9 Å². The molecular formula is C21H25N5OS. The van der Waals surface area contributed by atoms with Crippen LogP contribution in [0.3, 0.4) is 0 Å². The lowest BCUT2D eigenvalue weighted by atomic mass is 9.96. The van der Waals surface area contributed by atoms with Gasteiger partial charge in [0.15, 0.2) is 0 Å². The maximum atomic E-state index is 12.7. The number of amides is 1. The number of aromatic nitrogens is 3. The summed E-state index contributed by atoms with van der Waals surface area (Å²) in [7, 11) is 0. The summed E-state index contributed by atoms with van der Waals surface area (Å²) in [6.07, 6.45) is 5.84. The van der Waals surface area contributed by atoms with E-state index in [1.54, 1.807) is 11.3 Å². The summed E-state index contributed by atoms with van der Waals surface area (Å²) in [5, 5.41) is 13.5. The van der Waals surface area contributed by atoms with Gasteiger partial charge in [0, 0.05) is 32.0 Å². The first-order valence-corrected chi connectivity index (χ1v) is 10.6. The molecule has 0 radical (unpaired) electrons. The highest BCUT2D eigenvalue weighted by atomic mass is 32.1. The summed E-state index contributed by atoms with van der Waals surface area (Å²) in [5.74, 6) is 0.440. The van der Waals surface area contributed by atoms with E-state index in [1.165, 1.54) is 5.56 Å². The monoisotopic (exact) mass is 395 g/mol. The van der Waals surface area contributed by atoms with Crippen LogP contribution in [0.5, 0.6) is 0 Å². The molecular weight excluding hydrogens is 370 g/mol. The lowest BCUT2D eigenvalue weighted by Crippen LogP contribution is -2.43. The number of rotatable bonds is 6. The van der Waals surface area contributed by atoms with Gasteiger partial charge in [-0.15, -0.1) is 10.2 Å². The molecule has 0 saturated carbocycles. The van der Waals surface area contributed by atoms with Crippen molar-refractivity contribution in [2.24, 2.45) is 5.92 Å². The first-order chi connectivity index (χ1) is 13.7. The number of anilines is 1. The Labute approximate surface area is 169 Å². The molecule has 0 aliphatic carbocycles. The van der Waals surface area contributed by atoms with Crippen LogP contribution < -0.4 is 10.2 Å². The van der Waals surface area contributed by atoms with Gasteiger partial charge in [0.1, 0.15) is 0 Å². The lowest BCUT2D eigenvalue weighted by Gasteiger charge is -2.31. The zero-order valence-electron chi connectivity index (χ0n) is 16.0. The van der Waals surface area contributed by atoms with Crippen LogP contribution in [0, 0.1) is 5.92 Å². The van der Waals surface area contributed by atoms with E-state index in [4.69, 9.17) is 0 Å². The lowest BCUT2D eigenvalue weighted by molar-refractivity contribution is -0.125. The maximum Gasteiger partial charge on any atom is 0.224 e. The minimum atomic E-state index is -0.00403. The smallest absolute Gasteiger partial charge is 0.224 e. The fraction of sp³-hybridized carbons (Fsp3) is 0.381. The Balaban J connectivity index is 1.34. The van der Waals surface area contributed by atoms with Crippen LogP contribution >= 0.6 is 11.3 Å². The van der Waals surface area contributed by atoms with Crippen LogP contribution in [-0.2, 0) is 4.79 Å².